The minimum atomic E-state index is -5.28. The van der Waals surface area contributed by atoms with Crippen LogP contribution in [0.2, 0.25) is 0 Å². The number of sulfone groups is 1. The molecule has 20 heavy (non-hydrogen) atoms. The zero-order valence-electron chi connectivity index (χ0n) is 10.5. The van der Waals surface area contributed by atoms with Gasteiger partial charge in [-0.1, -0.05) is 0 Å². The molecule has 1 atom stereocenters. The number of anilines is 1. The number of nitrogens with two attached hydrogens (primary N) is 1. The van der Waals surface area contributed by atoms with E-state index in [-0.39, 0.29) is 6.04 Å². The fourth-order valence-electron chi connectivity index (χ4n) is 1.81. The second-order valence-electron chi connectivity index (χ2n) is 4.86. The van der Waals surface area contributed by atoms with E-state index >= 15 is 0 Å². The molecule has 0 amide bonds. The fraction of sp³-hybridized carbons (Fsp3) is 0.500. The minimum absolute atomic E-state index is 0.00795. The monoisotopic (exact) mass is 308 g/mol. The van der Waals surface area contributed by atoms with Crippen molar-refractivity contribution in [1.82, 2.24) is 0 Å². The van der Waals surface area contributed by atoms with Gasteiger partial charge in [-0.05, 0) is 43.0 Å². The summed E-state index contributed by atoms with van der Waals surface area (Å²) in [5.74, 6) is 0.507. The van der Waals surface area contributed by atoms with E-state index in [4.69, 9.17) is 5.73 Å². The molecule has 1 fully saturated rings. The summed E-state index contributed by atoms with van der Waals surface area (Å²) < 4.78 is 59.4. The van der Waals surface area contributed by atoms with Crippen LogP contribution >= 0.6 is 0 Å². The van der Waals surface area contributed by atoms with Gasteiger partial charge in [-0.15, -0.1) is 0 Å². The maximum absolute atomic E-state index is 12.3. The molecule has 1 aliphatic carbocycles. The molecule has 0 bridgehead atoms. The predicted octanol–water partition coefficient (Wildman–Crippen LogP) is 2.13. The van der Waals surface area contributed by atoms with E-state index in [1.165, 1.54) is 12.1 Å². The molecule has 3 N–H and O–H groups in total. The van der Waals surface area contributed by atoms with Gasteiger partial charge in [0.15, 0.2) is 0 Å². The summed E-state index contributed by atoms with van der Waals surface area (Å²) in [5.41, 5.74) is 1.14. The maximum Gasteiger partial charge on any atom is 0.501 e. The maximum atomic E-state index is 12.3. The Morgan fingerprint density at radius 3 is 2.25 bits per heavy atom. The van der Waals surface area contributed by atoms with Crippen LogP contribution in [-0.4, -0.2) is 26.5 Å². The largest absolute Gasteiger partial charge is 0.501 e. The van der Waals surface area contributed by atoms with Crippen LogP contribution < -0.4 is 11.1 Å². The van der Waals surface area contributed by atoms with Crippen LogP contribution in [0.15, 0.2) is 29.2 Å². The van der Waals surface area contributed by atoms with Gasteiger partial charge in [0.25, 0.3) is 9.84 Å². The van der Waals surface area contributed by atoms with Crippen LogP contribution in [-0.2, 0) is 9.84 Å². The van der Waals surface area contributed by atoms with E-state index in [0.717, 1.165) is 25.0 Å². The number of hydrogen-bond donors (Lipinski definition) is 2. The van der Waals surface area contributed by atoms with Crippen molar-refractivity contribution < 1.29 is 21.6 Å². The Labute approximate surface area is 115 Å². The molecule has 4 nitrogen and oxygen atoms in total. The van der Waals surface area contributed by atoms with E-state index in [2.05, 4.69) is 5.32 Å². The molecule has 1 aliphatic rings. The minimum Gasteiger partial charge on any atom is -0.383 e. The number of benzene rings is 1. The smallest absolute Gasteiger partial charge is 0.383 e. The molecule has 0 aliphatic heterocycles. The number of nitrogens with one attached hydrogen (secondary N) is 1. The Balaban J connectivity index is 2.02. The first kappa shape index (κ1) is 15.1. The second kappa shape index (κ2) is 5.25. The highest BCUT2D eigenvalue weighted by Crippen LogP contribution is 2.32. The average Bonchev–Trinajstić information content (AvgIpc) is 3.19. The lowest BCUT2D eigenvalue weighted by atomic mass is 10.2. The molecule has 0 heterocycles. The highest BCUT2D eigenvalue weighted by atomic mass is 32.2. The predicted molar refractivity (Wildman–Crippen MR) is 68.9 cm³/mol. The average molecular weight is 308 g/mol. The topological polar surface area (TPSA) is 72.2 Å². The molecular weight excluding hydrogens is 293 g/mol. The molecule has 0 spiro atoms. The van der Waals surface area contributed by atoms with Gasteiger partial charge in [0.1, 0.15) is 0 Å². The Morgan fingerprint density at radius 2 is 1.80 bits per heavy atom. The van der Waals surface area contributed by atoms with Gasteiger partial charge < -0.3 is 11.1 Å². The van der Waals surface area contributed by atoms with Crippen LogP contribution in [0.4, 0.5) is 18.9 Å². The molecule has 0 saturated heterocycles. The van der Waals surface area contributed by atoms with Crippen molar-refractivity contribution >= 4 is 15.5 Å². The van der Waals surface area contributed by atoms with E-state index in [0.29, 0.717) is 18.2 Å². The van der Waals surface area contributed by atoms with Gasteiger partial charge in [-0.2, -0.15) is 13.2 Å². The highest BCUT2D eigenvalue weighted by Gasteiger charge is 2.46. The fourth-order valence-corrected chi connectivity index (χ4v) is 2.57. The Hall–Kier alpha value is -1.28. The van der Waals surface area contributed by atoms with Gasteiger partial charge in [0, 0.05) is 18.3 Å². The Kier molecular flexibility index (Phi) is 3.97. The number of halogens is 3. The molecule has 112 valence electrons. The normalized spacial score (nSPS) is 17.8. The van der Waals surface area contributed by atoms with Crippen LogP contribution in [0.25, 0.3) is 0 Å². The first-order chi connectivity index (χ1) is 9.22. The summed E-state index contributed by atoms with van der Waals surface area (Å²) in [7, 11) is -5.28. The van der Waals surface area contributed by atoms with Crippen LogP contribution in [0.1, 0.15) is 12.8 Å². The molecule has 1 aromatic carbocycles. The second-order valence-corrected chi connectivity index (χ2v) is 6.80. The third-order valence-electron chi connectivity index (χ3n) is 3.24. The van der Waals surface area contributed by atoms with Crippen LogP contribution in [0, 0.1) is 5.92 Å². The van der Waals surface area contributed by atoms with Crippen molar-refractivity contribution in [3.8, 4) is 0 Å². The van der Waals surface area contributed by atoms with Crippen molar-refractivity contribution in [2.75, 3.05) is 11.9 Å². The SMILES string of the molecule is NC(CNc1ccc(S(=O)(=O)C(F)(F)F)cc1)C1CC1. The van der Waals surface area contributed by atoms with Crippen molar-refractivity contribution in [2.24, 2.45) is 11.7 Å². The zero-order valence-corrected chi connectivity index (χ0v) is 11.3. The van der Waals surface area contributed by atoms with Gasteiger partial charge in [-0.3, -0.25) is 0 Å². The Bertz CT molecular complexity index is 565. The van der Waals surface area contributed by atoms with Crippen molar-refractivity contribution in [3.63, 3.8) is 0 Å². The van der Waals surface area contributed by atoms with Gasteiger partial charge >= 0.3 is 5.51 Å². The van der Waals surface area contributed by atoms with Crippen molar-refractivity contribution in [2.45, 2.75) is 29.3 Å². The van der Waals surface area contributed by atoms with Crippen LogP contribution in [0.5, 0.6) is 0 Å². The number of rotatable bonds is 5. The third kappa shape index (κ3) is 3.24. The van der Waals surface area contributed by atoms with E-state index in [1.807, 2.05) is 0 Å². The van der Waals surface area contributed by atoms with Gasteiger partial charge in [0.2, 0.25) is 0 Å². The lowest BCUT2D eigenvalue weighted by Gasteiger charge is -2.13. The zero-order chi connectivity index (χ0) is 15.0. The molecule has 0 aromatic heterocycles. The number of hydrogen-bond acceptors (Lipinski definition) is 4. The molecule has 0 radical (unpaired) electrons. The van der Waals surface area contributed by atoms with E-state index in [1.54, 1.807) is 0 Å². The van der Waals surface area contributed by atoms with E-state index in [9.17, 15) is 21.6 Å². The van der Waals surface area contributed by atoms with Crippen molar-refractivity contribution in [3.05, 3.63) is 24.3 Å². The van der Waals surface area contributed by atoms with Gasteiger partial charge in [0.05, 0.1) is 4.90 Å². The molecule has 8 heteroatoms. The third-order valence-corrected chi connectivity index (χ3v) is 4.74. The lowest BCUT2D eigenvalue weighted by Crippen LogP contribution is -2.31. The summed E-state index contributed by atoms with van der Waals surface area (Å²) in [4.78, 5) is -0.762. The van der Waals surface area contributed by atoms with Crippen molar-refractivity contribution in [1.29, 1.82) is 0 Å². The first-order valence-corrected chi connectivity index (χ1v) is 7.61. The molecular formula is C12H15F3N2O2S. The van der Waals surface area contributed by atoms with E-state index < -0.39 is 20.2 Å². The highest BCUT2D eigenvalue weighted by molar-refractivity contribution is 7.92. The first-order valence-electron chi connectivity index (χ1n) is 6.12. The lowest BCUT2D eigenvalue weighted by molar-refractivity contribution is -0.0436. The molecule has 1 unspecified atom stereocenters. The Morgan fingerprint density at radius 1 is 1.25 bits per heavy atom. The summed E-state index contributed by atoms with van der Waals surface area (Å²) >= 11 is 0. The molecule has 2 rings (SSSR count). The number of alkyl halides is 3. The molecule has 1 saturated carbocycles. The summed E-state index contributed by atoms with van der Waals surface area (Å²) in [6, 6.07) is 4.49. The summed E-state index contributed by atoms with van der Waals surface area (Å²) in [6.45, 7) is 0.510. The van der Waals surface area contributed by atoms with Crippen LogP contribution in [0.3, 0.4) is 0 Å². The molecule has 1 aromatic rings. The summed E-state index contributed by atoms with van der Waals surface area (Å²) in [6.07, 6.45) is 2.21. The quantitative estimate of drug-likeness (QED) is 0.874. The van der Waals surface area contributed by atoms with Gasteiger partial charge in [-0.25, -0.2) is 8.42 Å². The summed E-state index contributed by atoms with van der Waals surface area (Å²) in [5, 5.41) is 2.98. The standard InChI is InChI=1S/C12H15F3N2O2S/c13-12(14,15)20(18,19)10-5-3-9(4-6-10)17-7-11(16)8-1-2-8/h3-6,8,11,17H,1-2,7,16H2.